The van der Waals surface area contributed by atoms with Gasteiger partial charge in [0.15, 0.2) is 11.5 Å². The van der Waals surface area contributed by atoms with Crippen molar-refractivity contribution in [3.63, 3.8) is 0 Å². The number of halogens is 4. The molecule has 0 aliphatic rings. The highest BCUT2D eigenvalue weighted by molar-refractivity contribution is 6.07. The molecule has 0 spiro atoms. The summed E-state index contributed by atoms with van der Waals surface area (Å²) in [4.78, 5) is 37.7. The van der Waals surface area contributed by atoms with E-state index in [1.165, 1.54) is 29.2 Å². The van der Waals surface area contributed by atoms with Crippen molar-refractivity contribution < 1.29 is 31.9 Å². The van der Waals surface area contributed by atoms with Gasteiger partial charge in [-0.15, -0.1) is 0 Å². The fourth-order valence-electron chi connectivity index (χ4n) is 4.18. The Morgan fingerprint density at radius 1 is 0.950 bits per heavy atom. The first-order valence-electron chi connectivity index (χ1n) is 11.9. The third-order valence-electron chi connectivity index (χ3n) is 5.96. The van der Waals surface area contributed by atoms with Crippen LogP contribution in [0, 0.1) is 5.82 Å². The van der Waals surface area contributed by atoms with Crippen LogP contribution in [0.15, 0.2) is 79.4 Å². The summed E-state index contributed by atoms with van der Waals surface area (Å²) < 4.78 is 62.8. The number of rotatable bonds is 6. The maximum absolute atomic E-state index is 15.1. The molecule has 3 heterocycles. The van der Waals surface area contributed by atoms with Gasteiger partial charge in [0.05, 0.1) is 23.3 Å². The van der Waals surface area contributed by atoms with Crippen LogP contribution in [0.25, 0.3) is 28.0 Å². The average molecular weight is 549 g/mol. The molecule has 12 heteroatoms. The Morgan fingerprint density at radius 3 is 2.35 bits per heavy atom. The number of carbonyl (C=O) groups excluding carboxylic acids is 2. The number of benzene rings is 2. The number of ether oxygens (including phenoxy) is 1. The molecule has 8 nitrogen and oxygen atoms in total. The minimum absolute atomic E-state index is 0.0128. The van der Waals surface area contributed by atoms with Gasteiger partial charge in [-0.3, -0.25) is 9.20 Å². The normalized spacial score (nSPS) is 11.4. The van der Waals surface area contributed by atoms with E-state index < -0.39 is 40.6 Å². The van der Waals surface area contributed by atoms with Gasteiger partial charge in [-0.25, -0.2) is 24.1 Å². The average Bonchev–Trinajstić information content (AvgIpc) is 3.38. The first kappa shape index (κ1) is 26.5. The number of alkyl halides is 3. The molecule has 5 aromatic rings. The molecule has 1 amide bonds. The maximum atomic E-state index is 15.1. The zero-order valence-corrected chi connectivity index (χ0v) is 20.7. The summed E-state index contributed by atoms with van der Waals surface area (Å²) in [6.07, 6.45) is -1.18. The molecular weight excluding hydrogens is 530 g/mol. The lowest BCUT2D eigenvalue weighted by atomic mass is 10.0. The smallest absolute Gasteiger partial charge is 0.417 e. The van der Waals surface area contributed by atoms with Gasteiger partial charge >= 0.3 is 12.1 Å². The number of esters is 1. The van der Waals surface area contributed by atoms with E-state index in [9.17, 15) is 22.8 Å². The Morgan fingerprint density at radius 2 is 1.68 bits per heavy atom. The van der Waals surface area contributed by atoms with Gasteiger partial charge in [0.1, 0.15) is 18.0 Å². The maximum Gasteiger partial charge on any atom is 0.417 e. The third kappa shape index (κ3) is 4.98. The molecule has 0 fully saturated rings. The minimum atomic E-state index is -4.93. The van der Waals surface area contributed by atoms with Gasteiger partial charge in [-0.05, 0) is 42.8 Å². The molecule has 0 bridgehead atoms. The molecule has 202 valence electrons. The molecular formula is C28H19F4N5O3. The number of hydrogen-bond donors (Lipinski definition) is 1. The second-order valence-corrected chi connectivity index (χ2v) is 8.43. The quantitative estimate of drug-likeness (QED) is 0.205. The van der Waals surface area contributed by atoms with Gasteiger partial charge in [0.2, 0.25) is 0 Å². The van der Waals surface area contributed by atoms with Crippen LogP contribution in [0.5, 0.6) is 0 Å². The first-order chi connectivity index (χ1) is 19.2. The van der Waals surface area contributed by atoms with Crippen LogP contribution in [0.4, 0.5) is 23.4 Å². The van der Waals surface area contributed by atoms with E-state index in [4.69, 9.17) is 4.74 Å². The topological polar surface area (TPSA) is 98.5 Å². The molecule has 5 rings (SSSR count). The monoisotopic (exact) mass is 549 g/mol. The lowest BCUT2D eigenvalue weighted by molar-refractivity contribution is -0.137. The second-order valence-electron chi connectivity index (χ2n) is 8.43. The van der Waals surface area contributed by atoms with Gasteiger partial charge in [0, 0.05) is 23.5 Å². The summed E-state index contributed by atoms with van der Waals surface area (Å²) >= 11 is 0. The van der Waals surface area contributed by atoms with Crippen LogP contribution in [0.2, 0.25) is 0 Å². The van der Waals surface area contributed by atoms with Crippen LogP contribution < -0.4 is 5.32 Å². The Labute approximate surface area is 224 Å². The molecule has 0 saturated carbocycles. The van der Waals surface area contributed by atoms with Crippen molar-refractivity contribution in [2.24, 2.45) is 0 Å². The summed E-state index contributed by atoms with van der Waals surface area (Å²) in [5.74, 6) is -3.34. The molecule has 0 radical (unpaired) electrons. The van der Waals surface area contributed by atoms with E-state index in [0.717, 1.165) is 6.07 Å². The van der Waals surface area contributed by atoms with Crippen LogP contribution in [0.3, 0.4) is 0 Å². The standard InChI is InChI=1S/C28H19F4N5O3/c1-2-40-27(39)23-22-10-9-17(16-7-4-3-5-8-16)25(37(22)15-35-23)36-26(38)19-13-18(24-33-11-6-12-34-24)20(14-21(19)29)28(30,31)32/h3-15H,2H2,1H3,(H,36,38). The SMILES string of the molecule is CCOC(=O)c1ncn2c(NC(=O)c3cc(-c4ncccn4)c(C(F)(F)F)cc3F)c(-c3ccccc3)ccc12. The van der Waals surface area contributed by atoms with E-state index in [1.54, 1.807) is 49.4 Å². The second kappa shape index (κ2) is 10.6. The highest BCUT2D eigenvalue weighted by Gasteiger charge is 2.36. The van der Waals surface area contributed by atoms with Crippen molar-refractivity contribution in [2.75, 3.05) is 11.9 Å². The first-order valence-corrected chi connectivity index (χ1v) is 11.9. The van der Waals surface area contributed by atoms with E-state index >= 15 is 4.39 Å². The molecule has 0 saturated heterocycles. The van der Waals surface area contributed by atoms with Crippen molar-refractivity contribution in [1.29, 1.82) is 0 Å². The van der Waals surface area contributed by atoms with Crippen LogP contribution in [0.1, 0.15) is 33.3 Å². The van der Waals surface area contributed by atoms with E-state index in [-0.39, 0.29) is 30.0 Å². The lowest BCUT2D eigenvalue weighted by Crippen LogP contribution is -2.19. The summed E-state index contributed by atoms with van der Waals surface area (Å²) in [5, 5.41) is 2.60. The van der Waals surface area contributed by atoms with Crippen molar-refractivity contribution in [3.8, 4) is 22.5 Å². The van der Waals surface area contributed by atoms with Gasteiger partial charge in [-0.2, -0.15) is 13.2 Å². The fourth-order valence-corrected chi connectivity index (χ4v) is 4.18. The summed E-state index contributed by atoms with van der Waals surface area (Å²) in [6.45, 7) is 1.76. The number of aromatic nitrogens is 4. The zero-order chi connectivity index (χ0) is 28.4. The number of imidazole rings is 1. The molecule has 0 aliphatic heterocycles. The molecule has 0 atom stereocenters. The molecule has 0 unspecified atom stereocenters. The van der Waals surface area contributed by atoms with Gasteiger partial charge < -0.3 is 10.1 Å². The van der Waals surface area contributed by atoms with Crippen LogP contribution >= 0.6 is 0 Å². The Bertz CT molecular complexity index is 1720. The van der Waals surface area contributed by atoms with Gasteiger partial charge in [-0.1, -0.05) is 30.3 Å². The predicted molar refractivity (Wildman–Crippen MR) is 137 cm³/mol. The van der Waals surface area contributed by atoms with Crippen molar-refractivity contribution >= 4 is 23.2 Å². The van der Waals surface area contributed by atoms with E-state index in [0.29, 0.717) is 16.6 Å². The van der Waals surface area contributed by atoms with Crippen LogP contribution in [-0.4, -0.2) is 37.8 Å². The fraction of sp³-hybridized carbons (Fsp3) is 0.107. The summed E-state index contributed by atoms with van der Waals surface area (Å²) in [7, 11) is 0. The minimum Gasteiger partial charge on any atom is -0.461 e. The number of amides is 1. The number of nitrogens with zero attached hydrogens (tertiary/aromatic N) is 4. The number of nitrogens with one attached hydrogen (secondary N) is 1. The Balaban J connectivity index is 1.65. The summed E-state index contributed by atoms with van der Waals surface area (Å²) in [6, 6.07) is 14.5. The molecule has 40 heavy (non-hydrogen) atoms. The Kier molecular flexibility index (Phi) is 6.99. The number of anilines is 1. The predicted octanol–water partition coefficient (Wildman–Crippen LogP) is 6.05. The number of hydrogen-bond acceptors (Lipinski definition) is 6. The van der Waals surface area contributed by atoms with E-state index in [2.05, 4.69) is 20.3 Å². The van der Waals surface area contributed by atoms with Gasteiger partial charge in [0.25, 0.3) is 5.91 Å². The molecule has 1 N–H and O–H groups in total. The lowest BCUT2D eigenvalue weighted by Gasteiger charge is -2.17. The Hall–Kier alpha value is -5.13. The third-order valence-corrected chi connectivity index (χ3v) is 5.96. The van der Waals surface area contributed by atoms with Crippen molar-refractivity contribution in [1.82, 2.24) is 19.4 Å². The molecule has 3 aromatic heterocycles. The zero-order valence-electron chi connectivity index (χ0n) is 20.7. The molecule has 0 aliphatic carbocycles. The highest BCUT2D eigenvalue weighted by Crippen LogP contribution is 2.38. The molecule has 2 aromatic carbocycles. The summed E-state index contributed by atoms with van der Waals surface area (Å²) in [5.41, 5.74) is -1.13. The largest absolute Gasteiger partial charge is 0.461 e. The number of pyridine rings is 1. The van der Waals surface area contributed by atoms with E-state index in [1.807, 2.05) is 0 Å². The van der Waals surface area contributed by atoms with Crippen LogP contribution in [-0.2, 0) is 10.9 Å². The number of fused-ring (bicyclic) bond motifs is 1. The van der Waals surface area contributed by atoms with Crippen molar-refractivity contribution in [2.45, 2.75) is 13.1 Å². The highest BCUT2D eigenvalue weighted by atomic mass is 19.4. The number of carbonyl (C=O) groups is 2. The van der Waals surface area contributed by atoms with Crippen molar-refractivity contribution in [3.05, 3.63) is 102 Å².